The van der Waals surface area contributed by atoms with Crippen LogP contribution < -0.4 is 10.9 Å². The van der Waals surface area contributed by atoms with Gasteiger partial charge in [-0.2, -0.15) is 0 Å². The van der Waals surface area contributed by atoms with E-state index in [-0.39, 0.29) is 5.78 Å². The Morgan fingerprint density at radius 2 is 1.68 bits per heavy atom. The molecule has 2 nitrogen and oxygen atoms in total. The zero-order valence-corrected chi connectivity index (χ0v) is 13.7. The second kappa shape index (κ2) is 3.81. The van der Waals surface area contributed by atoms with Crippen LogP contribution in [0.15, 0.2) is 18.2 Å². The van der Waals surface area contributed by atoms with Crippen molar-refractivity contribution in [2.75, 3.05) is 5.73 Å². The summed E-state index contributed by atoms with van der Waals surface area (Å²) in [4.78, 5) is 12.6. The molecule has 0 saturated heterocycles. The predicted molar refractivity (Wildman–Crippen MR) is 83.5 cm³/mol. The van der Waals surface area contributed by atoms with Crippen molar-refractivity contribution >= 4 is 26.9 Å². The largest absolute Gasteiger partial charge is 0.398 e. The van der Waals surface area contributed by atoms with Gasteiger partial charge in [-0.3, -0.25) is 4.79 Å². The molecule has 0 aromatic heterocycles. The van der Waals surface area contributed by atoms with Gasteiger partial charge in [-0.1, -0.05) is 18.2 Å². The summed E-state index contributed by atoms with van der Waals surface area (Å²) in [5.41, 5.74) is 14.2. The minimum Gasteiger partial charge on any atom is -0.398 e. The Kier molecular flexibility index (Phi) is 2.44. The number of aryl methyl sites for hydroxylation is 1. The summed E-state index contributed by atoms with van der Waals surface area (Å²) in [6.07, 6.45) is 0. The Morgan fingerprint density at radius 1 is 1.00 bits per heavy atom. The van der Waals surface area contributed by atoms with E-state index in [0.717, 1.165) is 43.2 Å². The Bertz CT molecular complexity index is 747. The standard InChI is InChI=1S/C16H17NOSi/c1-7-5-4-6-10-11(7)12-8(2)9(3)16(19)14(17)13(12)15(10)18/h4-6H,17H2,1-3,19H3. The van der Waals surface area contributed by atoms with Gasteiger partial charge in [0, 0.05) is 21.5 Å². The van der Waals surface area contributed by atoms with Gasteiger partial charge in [0.05, 0.1) is 5.56 Å². The number of fused-ring (bicyclic) bond motifs is 3. The highest BCUT2D eigenvalue weighted by Crippen LogP contribution is 2.43. The van der Waals surface area contributed by atoms with Crippen molar-refractivity contribution in [2.45, 2.75) is 20.8 Å². The van der Waals surface area contributed by atoms with Gasteiger partial charge in [0.1, 0.15) is 0 Å². The molecular formula is C16H17NOSi. The SMILES string of the molecule is Cc1cccc2c1-c1c(C)c(C)c([SiH3])c(N)c1C2=O. The average molecular weight is 267 g/mol. The Balaban J connectivity index is 2.54. The van der Waals surface area contributed by atoms with E-state index in [0.29, 0.717) is 5.69 Å². The Labute approximate surface area is 116 Å². The molecule has 0 fully saturated rings. The summed E-state index contributed by atoms with van der Waals surface area (Å²) in [5.74, 6) is 0.0893. The lowest BCUT2D eigenvalue weighted by molar-refractivity contribution is 0.104. The normalized spacial score (nSPS) is 12.7. The molecule has 3 heteroatoms. The highest BCUT2D eigenvalue weighted by Gasteiger charge is 2.32. The fraction of sp³-hybridized carbons (Fsp3) is 0.188. The molecule has 0 atom stereocenters. The van der Waals surface area contributed by atoms with Gasteiger partial charge in [0.2, 0.25) is 0 Å². The zero-order chi connectivity index (χ0) is 13.9. The van der Waals surface area contributed by atoms with Gasteiger partial charge in [0.15, 0.2) is 5.78 Å². The molecule has 0 radical (unpaired) electrons. The van der Waals surface area contributed by atoms with Crippen LogP contribution in [-0.2, 0) is 0 Å². The number of nitrogens with two attached hydrogens (primary N) is 1. The topological polar surface area (TPSA) is 43.1 Å². The number of carbonyl (C=O) groups is 1. The fourth-order valence-corrected chi connectivity index (χ4v) is 3.68. The number of hydrogen-bond donors (Lipinski definition) is 1. The molecule has 19 heavy (non-hydrogen) atoms. The van der Waals surface area contributed by atoms with Crippen LogP contribution in [0.5, 0.6) is 0 Å². The van der Waals surface area contributed by atoms with Crippen molar-refractivity contribution in [1.82, 2.24) is 0 Å². The van der Waals surface area contributed by atoms with E-state index in [9.17, 15) is 4.79 Å². The van der Waals surface area contributed by atoms with Crippen LogP contribution in [-0.4, -0.2) is 16.0 Å². The first-order valence-electron chi connectivity index (χ1n) is 6.49. The molecule has 0 unspecified atom stereocenters. The van der Waals surface area contributed by atoms with Crippen molar-refractivity contribution in [2.24, 2.45) is 0 Å². The highest BCUT2D eigenvalue weighted by atomic mass is 28.1. The second-order valence-corrected chi connectivity index (χ2v) is 6.37. The van der Waals surface area contributed by atoms with Gasteiger partial charge in [0.25, 0.3) is 0 Å². The average Bonchev–Trinajstić information content (AvgIpc) is 2.69. The predicted octanol–water partition coefficient (Wildman–Crippen LogP) is 1.40. The lowest BCUT2D eigenvalue weighted by Crippen LogP contribution is -2.19. The number of nitrogen functional groups attached to an aromatic ring is 1. The summed E-state index contributed by atoms with van der Waals surface area (Å²) in [6.45, 7) is 6.26. The number of ketones is 1. The van der Waals surface area contributed by atoms with Gasteiger partial charge in [-0.25, -0.2) is 0 Å². The van der Waals surface area contributed by atoms with E-state index in [2.05, 4.69) is 26.8 Å². The first kappa shape index (κ1) is 12.2. The number of carbonyl (C=O) groups excluding carboxylic acids is 1. The smallest absolute Gasteiger partial charge is 0.196 e. The lowest BCUT2D eigenvalue weighted by atomic mass is 9.93. The maximum atomic E-state index is 12.6. The molecular weight excluding hydrogens is 250 g/mol. The summed E-state index contributed by atoms with van der Waals surface area (Å²) >= 11 is 0. The van der Waals surface area contributed by atoms with Crippen LogP contribution in [0.2, 0.25) is 0 Å². The first-order chi connectivity index (χ1) is 8.95. The second-order valence-electron chi connectivity index (χ2n) is 5.37. The molecule has 2 aromatic carbocycles. The van der Waals surface area contributed by atoms with E-state index in [1.165, 1.54) is 11.1 Å². The third-order valence-corrected chi connectivity index (χ3v) is 5.71. The monoisotopic (exact) mass is 267 g/mol. The number of rotatable bonds is 0. The van der Waals surface area contributed by atoms with Crippen LogP contribution in [0.25, 0.3) is 11.1 Å². The van der Waals surface area contributed by atoms with Gasteiger partial charge < -0.3 is 5.73 Å². The van der Waals surface area contributed by atoms with E-state index < -0.39 is 0 Å². The Hall–Kier alpha value is -1.87. The highest BCUT2D eigenvalue weighted by molar-refractivity contribution is 6.40. The van der Waals surface area contributed by atoms with Crippen LogP contribution >= 0.6 is 0 Å². The summed E-state index contributed by atoms with van der Waals surface area (Å²) in [7, 11) is 0.869. The van der Waals surface area contributed by atoms with E-state index in [1.54, 1.807) is 0 Å². The van der Waals surface area contributed by atoms with E-state index in [4.69, 9.17) is 5.73 Å². The third-order valence-electron chi connectivity index (χ3n) is 4.42. The van der Waals surface area contributed by atoms with Crippen LogP contribution in [0.1, 0.15) is 32.6 Å². The first-order valence-corrected chi connectivity index (χ1v) is 7.49. The van der Waals surface area contributed by atoms with Gasteiger partial charge >= 0.3 is 0 Å². The fourth-order valence-electron chi connectivity index (χ4n) is 3.05. The molecule has 3 rings (SSSR count). The molecule has 2 aromatic rings. The minimum absolute atomic E-state index is 0.0893. The third kappa shape index (κ3) is 1.39. The van der Waals surface area contributed by atoms with Crippen LogP contribution in [0.4, 0.5) is 5.69 Å². The minimum atomic E-state index is 0.0893. The molecule has 0 heterocycles. The van der Waals surface area contributed by atoms with Crippen molar-refractivity contribution in [1.29, 1.82) is 0 Å². The molecule has 1 aliphatic carbocycles. The molecule has 0 bridgehead atoms. The molecule has 0 saturated carbocycles. The molecule has 0 amide bonds. The number of benzene rings is 2. The molecule has 96 valence electrons. The maximum Gasteiger partial charge on any atom is 0.196 e. The summed E-state index contributed by atoms with van der Waals surface area (Å²) < 4.78 is 0. The zero-order valence-electron chi connectivity index (χ0n) is 11.7. The maximum absolute atomic E-state index is 12.6. The molecule has 2 N–H and O–H groups in total. The Morgan fingerprint density at radius 3 is 2.37 bits per heavy atom. The van der Waals surface area contributed by atoms with E-state index >= 15 is 0 Å². The van der Waals surface area contributed by atoms with Crippen molar-refractivity contribution in [3.05, 3.63) is 46.0 Å². The summed E-state index contributed by atoms with van der Waals surface area (Å²) in [5, 5.41) is 1.16. The van der Waals surface area contributed by atoms with Gasteiger partial charge in [-0.05, 0) is 53.8 Å². The van der Waals surface area contributed by atoms with Gasteiger partial charge in [-0.15, -0.1) is 0 Å². The molecule has 1 aliphatic rings. The molecule has 0 spiro atoms. The number of hydrogen-bond acceptors (Lipinski definition) is 2. The quantitative estimate of drug-likeness (QED) is 0.494. The van der Waals surface area contributed by atoms with E-state index in [1.807, 2.05) is 12.1 Å². The number of anilines is 1. The van der Waals surface area contributed by atoms with Crippen molar-refractivity contribution < 1.29 is 4.79 Å². The lowest BCUT2D eigenvalue weighted by Gasteiger charge is -2.15. The van der Waals surface area contributed by atoms with Crippen LogP contribution in [0, 0.1) is 20.8 Å². The summed E-state index contributed by atoms with van der Waals surface area (Å²) in [6, 6.07) is 5.91. The van der Waals surface area contributed by atoms with Crippen molar-refractivity contribution in [3.8, 4) is 11.1 Å². The van der Waals surface area contributed by atoms with Crippen LogP contribution in [0.3, 0.4) is 0 Å². The van der Waals surface area contributed by atoms with Crippen molar-refractivity contribution in [3.63, 3.8) is 0 Å². The molecule has 0 aliphatic heterocycles.